The molecule has 19 heavy (non-hydrogen) atoms. The van der Waals surface area contributed by atoms with Gasteiger partial charge in [-0.05, 0) is 31.4 Å². The zero-order valence-electron chi connectivity index (χ0n) is 11.6. The highest BCUT2D eigenvalue weighted by atomic mass is 32.2. The van der Waals surface area contributed by atoms with Gasteiger partial charge in [-0.3, -0.25) is 0 Å². The summed E-state index contributed by atoms with van der Waals surface area (Å²) in [6, 6.07) is 7.81. The second kappa shape index (κ2) is 7.50. The van der Waals surface area contributed by atoms with Crippen LogP contribution in [0.4, 0.5) is 0 Å². The molecule has 0 aromatic heterocycles. The molecular weight excluding hydrogens is 262 g/mol. The van der Waals surface area contributed by atoms with Crippen LogP contribution in [0.3, 0.4) is 0 Å². The maximum absolute atomic E-state index is 11.4. The normalized spacial score (nSPS) is 13.2. The largest absolute Gasteiger partial charge is 0.493 e. The third-order valence-electron chi connectivity index (χ3n) is 2.81. The highest BCUT2D eigenvalue weighted by molar-refractivity contribution is 7.91. The van der Waals surface area contributed by atoms with Crippen molar-refractivity contribution in [1.82, 2.24) is 0 Å². The zero-order chi connectivity index (χ0) is 14.3. The highest BCUT2D eigenvalue weighted by Gasteiger charge is 2.08. The molecule has 0 aliphatic rings. The summed E-state index contributed by atoms with van der Waals surface area (Å²) >= 11 is 0. The molecule has 0 aliphatic carbocycles. The molecule has 1 aromatic rings. The predicted molar refractivity (Wildman–Crippen MR) is 78.2 cm³/mol. The Labute approximate surface area is 115 Å². The molecule has 2 N–H and O–H groups in total. The van der Waals surface area contributed by atoms with Crippen LogP contribution in [0.1, 0.15) is 25.8 Å². The molecule has 0 saturated carbocycles. The molecule has 1 atom stereocenters. The van der Waals surface area contributed by atoms with Gasteiger partial charge in [0.25, 0.3) is 0 Å². The molecule has 0 amide bonds. The Morgan fingerprint density at radius 2 is 2.00 bits per heavy atom. The average Bonchev–Trinajstić information content (AvgIpc) is 2.36. The van der Waals surface area contributed by atoms with Crippen molar-refractivity contribution >= 4 is 9.84 Å². The van der Waals surface area contributed by atoms with E-state index in [4.69, 9.17) is 10.5 Å². The van der Waals surface area contributed by atoms with Crippen molar-refractivity contribution in [3.8, 4) is 5.75 Å². The van der Waals surface area contributed by atoms with Gasteiger partial charge in [0.2, 0.25) is 0 Å². The Balaban J connectivity index is 2.49. The summed E-state index contributed by atoms with van der Waals surface area (Å²) in [5.41, 5.74) is 6.85. The van der Waals surface area contributed by atoms with Gasteiger partial charge in [-0.25, -0.2) is 8.42 Å². The second-order valence-corrected chi connectivity index (χ2v) is 7.20. The predicted octanol–water partition coefficient (Wildman–Crippen LogP) is 1.78. The Hall–Kier alpha value is -1.07. The lowest BCUT2D eigenvalue weighted by Gasteiger charge is -2.12. The van der Waals surface area contributed by atoms with Crippen LogP contribution in [0.2, 0.25) is 0 Å². The number of sulfone groups is 1. The Bertz CT molecular complexity index is 483. The molecule has 0 spiro atoms. The van der Waals surface area contributed by atoms with Crippen molar-refractivity contribution in [3.63, 3.8) is 0 Å². The smallest absolute Gasteiger partial charge is 0.150 e. The topological polar surface area (TPSA) is 69.4 Å². The van der Waals surface area contributed by atoms with Gasteiger partial charge in [-0.15, -0.1) is 0 Å². The molecule has 1 aromatic carbocycles. The quantitative estimate of drug-likeness (QED) is 0.739. The minimum atomic E-state index is -2.90. The van der Waals surface area contributed by atoms with E-state index in [1.54, 1.807) is 6.92 Å². The van der Waals surface area contributed by atoms with E-state index < -0.39 is 9.84 Å². The van der Waals surface area contributed by atoms with Crippen LogP contribution in [-0.2, 0) is 16.3 Å². The highest BCUT2D eigenvalue weighted by Crippen LogP contribution is 2.19. The first-order chi connectivity index (χ1) is 8.94. The molecule has 0 saturated heterocycles. The third-order valence-corrected chi connectivity index (χ3v) is 4.60. The van der Waals surface area contributed by atoms with Crippen LogP contribution in [0.25, 0.3) is 0 Å². The zero-order valence-corrected chi connectivity index (χ0v) is 12.4. The lowest BCUT2D eigenvalue weighted by Crippen LogP contribution is -2.18. The number of para-hydroxylation sites is 1. The molecule has 5 heteroatoms. The first-order valence-corrected chi connectivity index (χ1v) is 8.43. The number of ether oxygens (including phenoxy) is 1. The summed E-state index contributed by atoms with van der Waals surface area (Å²) < 4.78 is 28.4. The summed E-state index contributed by atoms with van der Waals surface area (Å²) in [4.78, 5) is 0. The summed E-state index contributed by atoms with van der Waals surface area (Å²) in [7, 11) is -2.90. The van der Waals surface area contributed by atoms with Gasteiger partial charge >= 0.3 is 0 Å². The van der Waals surface area contributed by atoms with Crippen LogP contribution < -0.4 is 10.5 Å². The third kappa shape index (κ3) is 6.07. The fourth-order valence-electron chi connectivity index (χ4n) is 1.77. The molecule has 0 fully saturated rings. The van der Waals surface area contributed by atoms with Gasteiger partial charge in [0.1, 0.15) is 15.6 Å². The fraction of sp³-hybridized carbons (Fsp3) is 0.571. The monoisotopic (exact) mass is 285 g/mol. The van der Waals surface area contributed by atoms with Crippen LogP contribution in [0, 0.1) is 0 Å². The molecule has 0 heterocycles. The Morgan fingerprint density at radius 3 is 2.63 bits per heavy atom. The summed E-state index contributed by atoms with van der Waals surface area (Å²) in [5, 5.41) is 0. The maximum Gasteiger partial charge on any atom is 0.150 e. The lowest BCUT2D eigenvalue weighted by molar-refractivity contribution is 0.314. The van der Waals surface area contributed by atoms with Crippen LogP contribution in [0.15, 0.2) is 24.3 Å². The minimum Gasteiger partial charge on any atom is -0.493 e. The molecule has 4 nitrogen and oxygen atoms in total. The standard InChI is InChI=1S/C14H23NO3S/c1-3-19(16,17)10-6-9-18-14-8-5-4-7-13(14)11-12(2)15/h4-5,7-8,12H,3,6,9-11,15H2,1-2H3. The number of benzene rings is 1. The van der Waals surface area contributed by atoms with Gasteiger partial charge in [0.15, 0.2) is 0 Å². The van der Waals surface area contributed by atoms with Gasteiger partial charge in [-0.1, -0.05) is 25.1 Å². The van der Waals surface area contributed by atoms with E-state index in [2.05, 4.69) is 0 Å². The van der Waals surface area contributed by atoms with E-state index in [0.717, 1.165) is 17.7 Å². The van der Waals surface area contributed by atoms with Crippen LogP contribution in [-0.4, -0.2) is 32.6 Å². The van der Waals surface area contributed by atoms with E-state index in [1.807, 2.05) is 31.2 Å². The van der Waals surface area contributed by atoms with E-state index >= 15 is 0 Å². The molecule has 1 rings (SSSR count). The van der Waals surface area contributed by atoms with E-state index in [-0.39, 0.29) is 17.5 Å². The minimum absolute atomic E-state index is 0.0743. The lowest BCUT2D eigenvalue weighted by atomic mass is 10.1. The number of hydrogen-bond donors (Lipinski definition) is 1. The van der Waals surface area contributed by atoms with E-state index in [0.29, 0.717) is 13.0 Å². The van der Waals surface area contributed by atoms with Crippen molar-refractivity contribution in [2.24, 2.45) is 5.73 Å². The van der Waals surface area contributed by atoms with Crippen LogP contribution in [0.5, 0.6) is 5.75 Å². The van der Waals surface area contributed by atoms with E-state index in [9.17, 15) is 8.42 Å². The molecule has 1 unspecified atom stereocenters. The fourth-order valence-corrected chi connectivity index (χ4v) is 2.61. The average molecular weight is 285 g/mol. The molecule has 0 radical (unpaired) electrons. The first kappa shape index (κ1) is 16.0. The van der Waals surface area contributed by atoms with E-state index in [1.165, 1.54) is 0 Å². The van der Waals surface area contributed by atoms with Gasteiger partial charge < -0.3 is 10.5 Å². The first-order valence-electron chi connectivity index (χ1n) is 6.61. The van der Waals surface area contributed by atoms with Crippen LogP contribution >= 0.6 is 0 Å². The summed E-state index contributed by atoms with van der Waals surface area (Å²) in [6.07, 6.45) is 1.27. The summed E-state index contributed by atoms with van der Waals surface area (Å²) in [6.45, 7) is 4.02. The Kier molecular flexibility index (Phi) is 6.31. The molecule has 108 valence electrons. The Morgan fingerprint density at radius 1 is 1.32 bits per heavy atom. The molecule has 0 bridgehead atoms. The van der Waals surface area contributed by atoms with Crippen molar-refractivity contribution in [2.45, 2.75) is 32.7 Å². The maximum atomic E-state index is 11.4. The second-order valence-electron chi connectivity index (χ2n) is 4.73. The van der Waals surface area contributed by atoms with Crippen molar-refractivity contribution in [2.75, 3.05) is 18.1 Å². The molecular formula is C14H23NO3S. The summed E-state index contributed by atoms with van der Waals surface area (Å²) in [5.74, 6) is 1.17. The van der Waals surface area contributed by atoms with Gasteiger partial charge in [-0.2, -0.15) is 0 Å². The van der Waals surface area contributed by atoms with Crippen molar-refractivity contribution in [3.05, 3.63) is 29.8 Å². The number of hydrogen-bond acceptors (Lipinski definition) is 4. The number of nitrogens with two attached hydrogens (primary N) is 1. The van der Waals surface area contributed by atoms with Gasteiger partial charge in [0.05, 0.1) is 12.4 Å². The van der Waals surface area contributed by atoms with Crippen molar-refractivity contribution < 1.29 is 13.2 Å². The van der Waals surface area contributed by atoms with Crippen molar-refractivity contribution in [1.29, 1.82) is 0 Å². The SMILES string of the molecule is CCS(=O)(=O)CCCOc1ccccc1CC(C)N. The number of rotatable bonds is 8. The van der Waals surface area contributed by atoms with Gasteiger partial charge in [0, 0.05) is 11.8 Å². The molecule has 0 aliphatic heterocycles.